The molecule has 3 heterocycles. The highest BCUT2D eigenvalue weighted by Gasteiger charge is 2.31. The maximum Gasteiger partial charge on any atom is 0.417 e. The first-order valence-electron chi connectivity index (χ1n) is 8.86. The zero-order valence-electron chi connectivity index (χ0n) is 15.5. The van der Waals surface area contributed by atoms with Crippen LogP contribution in [-0.2, 0) is 12.7 Å². The smallest absolute Gasteiger partial charge is 0.417 e. The van der Waals surface area contributed by atoms with Crippen molar-refractivity contribution >= 4 is 28.4 Å². The van der Waals surface area contributed by atoms with E-state index in [-0.39, 0.29) is 42.3 Å². The minimum Gasteiger partial charge on any atom is -0.475 e. The van der Waals surface area contributed by atoms with Crippen molar-refractivity contribution in [3.8, 4) is 5.88 Å². The number of carbonyl (C=O) groups excluding carboxylic acids is 1. The third-order valence-electron chi connectivity index (χ3n) is 4.01. The molecule has 0 fully saturated rings. The van der Waals surface area contributed by atoms with Crippen molar-refractivity contribution in [2.45, 2.75) is 19.1 Å². The number of aromatic nitrogens is 4. The first-order chi connectivity index (χ1) is 14.3. The number of aliphatic hydroxyl groups excluding tert-OH is 1. The van der Waals surface area contributed by atoms with E-state index < -0.39 is 11.7 Å². The number of aliphatic hydroxyl groups is 1. The van der Waals surface area contributed by atoms with Gasteiger partial charge in [-0.25, -0.2) is 4.98 Å². The Kier molecular flexibility index (Phi) is 6.73. The van der Waals surface area contributed by atoms with Crippen molar-refractivity contribution in [2.24, 2.45) is 0 Å². The molecule has 30 heavy (non-hydrogen) atoms. The summed E-state index contributed by atoms with van der Waals surface area (Å²) in [4.78, 5) is 20.0. The number of nitrogens with zero attached hydrogens (tertiary/aromatic N) is 4. The van der Waals surface area contributed by atoms with E-state index in [0.717, 1.165) is 6.07 Å². The number of hydrogen-bond acceptors (Lipinski definition) is 6. The molecule has 8 nitrogen and oxygen atoms in total. The first kappa shape index (κ1) is 21.8. The molecule has 160 valence electrons. The van der Waals surface area contributed by atoms with Gasteiger partial charge in [0.05, 0.1) is 23.0 Å². The van der Waals surface area contributed by atoms with Crippen LogP contribution in [0.3, 0.4) is 0 Å². The predicted molar refractivity (Wildman–Crippen MR) is 101 cm³/mol. The first-order valence-corrected chi connectivity index (χ1v) is 9.24. The summed E-state index contributed by atoms with van der Waals surface area (Å²) in [5.41, 5.74) is -0.219. The Bertz CT molecular complexity index is 1040. The van der Waals surface area contributed by atoms with Crippen LogP contribution in [0.1, 0.15) is 22.5 Å². The summed E-state index contributed by atoms with van der Waals surface area (Å²) in [6.45, 7) is 0.556. The van der Waals surface area contributed by atoms with E-state index in [9.17, 15) is 18.0 Å². The molecule has 0 aromatic carbocycles. The van der Waals surface area contributed by atoms with Gasteiger partial charge in [0.25, 0.3) is 5.91 Å². The minimum absolute atomic E-state index is 0.0341. The number of hydrogen-bond donors (Lipinski definition) is 2. The van der Waals surface area contributed by atoms with Gasteiger partial charge in [0, 0.05) is 31.7 Å². The highest BCUT2D eigenvalue weighted by molar-refractivity contribution is 6.31. The number of halogens is 4. The van der Waals surface area contributed by atoms with Crippen LogP contribution in [0.5, 0.6) is 5.88 Å². The lowest BCUT2D eigenvalue weighted by Crippen LogP contribution is -2.26. The van der Waals surface area contributed by atoms with Crippen molar-refractivity contribution in [1.82, 2.24) is 25.1 Å². The molecular formula is C18H17ClF3N5O3. The predicted octanol–water partition coefficient (Wildman–Crippen LogP) is 2.69. The number of ether oxygens (including phenoxy) is 1. The maximum atomic E-state index is 12.7. The molecule has 0 aliphatic carbocycles. The topological polar surface area (TPSA) is 102 Å². The molecule has 0 spiro atoms. The fourth-order valence-corrected chi connectivity index (χ4v) is 2.80. The average molecular weight is 444 g/mol. The maximum absolute atomic E-state index is 12.7. The van der Waals surface area contributed by atoms with Crippen LogP contribution in [0.15, 0.2) is 30.7 Å². The van der Waals surface area contributed by atoms with Gasteiger partial charge in [0.15, 0.2) is 0 Å². The van der Waals surface area contributed by atoms with Gasteiger partial charge in [0.2, 0.25) is 5.88 Å². The lowest BCUT2D eigenvalue weighted by molar-refractivity contribution is -0.137. The van der Waals surface area contributed by atoms with Gasteiger partial charge in [-0.1, -0.05) is 11.6 Å². The molecule has 1 amide bonds. The normalized spacial score (nSPS) is 11.6. The molecule has 3 aromatic heterocycles. The number of pyridine rings is 2. The second-order valence-corrected chi connectivity index (χ2v) is 6.58. The Morgan fingerprint density at radius 1 is 1.33 bits per heavy atom. The number of amides is 1. The Morgan fingerprint density at radius 3 is 2.83 bits per heavy atom. The Balaban J connectivity index is 1.66. The second-order valence-electron chi connectivity index (χ2n) is 6.17. The number of alkyl halides is 3. The fraction of sp³-hybridized carbons (Fsp3) is 0.333. The Hall–Kier alpha value is -2.92. The molecule has 0 unspecified atom stereocenters. The second kappa shape index (κ2) is 9.26. The summed E-state index contributed by atoms with van der Waals surface area (Å²) in [5, 5.41) is 16.1. The quantitative estimate of drug-likeness (QED) is 0.519. The zero-order chi connectivity index (χ0) is 21.7. The summed E-state index contributed by atoms with van der Waals surface area (Å²) in [7, 11) is 0. The lowest BCUT2D eigenvalue weighted by Gasteiger charge is -2.10. The van der Waals surface area contributed by atoms with Crippen LogP contribution in [0.25, 0.3) is 10.9 Å². The van der Waals surface area contributed by atoms with E-state index >= 15 is 0 Å². The molecular weight excluding hydrogens is 427 g/mol. The molecule has 0 saturated heterocycles. The average Bonchev–Trinajstić information content (AvgIpc) is 3.11. The van der Waals surface area contributed by atoms with Gasteiger partial charge in [-0.3, -0.25) is 14.5 Å². The van der Waals surface area contributed by atoms with Gasteiger partial charge in [0.1, 0.15) is 17.3 Å². The van der Waals surface area contributed by atoms with Gasteiger partial charge in [-0.05, 0) is 18.6 Å². The van der Waals surface area contributed by atoms with E-state index in [0.29, 0.717) is 30.1 Å². The zero-order valence-corrected chi connectivity index (χ0v) is 16.2. The van der Waals surface area contributed by atoms with Gasteiger partial charge < -0.3 is 15.2 Å². The third kappa shape index (κ3) is 5.16. The SMILES string of the molecule is O=C(NCCCO)c1nccc2nn(CCOc3ncc(C(F)(F)F)cc3Cl)cc12. The molecule has 0 saturated carbocycles. The van der Waals surface area contributed by atoms with Crippen LogP contribution in [0.2, 0.25) is 5.02 Å². The van der Waals surface area contributed by atoms with Crippen LogP contribution < -0.4 is 10.1 Å². The molecule has 3 aromatic rings. The van der Waals surface area contributed by atoms with E-state index in [1.54, 1.807) is 12.3 Å². The Morgan fingerprint density at radius 2 is 2.13 bits per heavy atom. The van der Waals surface area contributed by atoms with Crippen LogP contribution in [0, 0.1) is 0 Å². The van der Waals surface area contributed by atoms with Crippen molar-refractivity contribution in [3.63, 3.8) is 0 Å². The molecule has 0 aliphatic rings. The molecule has 0 bridgehead atoms. The van der Waals surface area contributed by atoms with Crippen molar-refractivity contribution < 1.29 is 27.8 Å². The molecule has 12 heteroatoms. The summed E-state index contributed by atoms with van der Waals surface area (Å²) in [5.74, 6) is -0.502. The molecule has 2 N–H and O–H groups in total. The molecule has 0 radical (unpaired) electrons. The molecule has 3 rings (SSSR count). The minimum atomic E-state index is -4.54. The van der Waals surface area contributed by atoms with Crippen LogP contribution in [0.4, 0.5) is 13.2 Å². The van der Waals surface area contributed by atoms with Gasteiger partial charge in [-0.2, -0.15) is 18.3 Å². The van der Waals surface area contributed by atoms with E-state index in [4.69, 9.17) is 21.4 Å². The summed E-state index contributed by atoms with van der Waals surface area (Å²) >= 11 is 5.81. The van der Waals surface area contributed by atoms with Crippen LogP contribution in [-0.4, -0.2) is 50.5 Å². The molecule has 0 aliphatic heterocycles. The van der Waals surface area contributed by atoms with E-state index in [1.165, 1.54) is 10.9 Å². The number of fused-ring (bicyclic) bond motifs is 1. The summed E-state index contributed by atoms with van der Waals surface area (Å²) in [6.07, 6.45) is -0.381. The lowest BCUT2D eigenvalue weighted by atomic mass is 10.2. The van der Waals surface area contributed by atoms with Gasteiger partial charge in [-0.15, -0.1) is 0 Å². The van der Waals surface area contributed by atoms with Crippen molar-refractivity contribution in [1.29, 1.82) is 0 Å². The highest BCUT2D eigenvalue weighted by Crippen LogP contribution is 2.33. The summed E-state index contributed by atoms with van der Waals surface area (Å²) < 4.78 is 44.8. The number of nitrogens with one attached hydrogen (secondary N) is 1. The highest BCUT2D eigenvalue weighted by atomic mass is 35.5. The van der Waals surface area contributed by atoms with Gasteiger partial charge >= 0.3 is 6.18 Å². The fourth-order valence-electron chi connectivity index (χ4n) is 2.58. The largest absolute Gasteiger partial charge is 0.475 e. The summed E-state index contributed by atoms with van der Waals surface area (Å²) in [6, 6.07) is 2.39. The standard InChI is InChI=1S/C18H17ClF3N5O3/c19-13-8-11(18(20,21)22)9-25-17(13)30-7-5-27-10-12-14(26-27)2-4-23-15(12)16(29)24-3-1-6-28/h2,4,8-10,28H,1,3,5-7H2,(H,24,29). The van der Waals surface area contributed by atoms with Crippen molar-refractivity contribution in [3.05, 3.63) is 47.0 Å². The number of rotatable bonds is 8. The third-order valence-corrected chi connectivity index (χ3v) is 4.28. The van der Waals surface area contributed by atoms with Crippen molar-refractivity contribution in [2.75, 3.05) is 19.8 Å². The van der Waals surface area contributed by atoms with E-state index in [1.807, 2.05) is 0 Å². The number of carbonyl (C=O) groups is 1. The Labute approximate surface area is 173 Å². The molecule has 0 atom stereocenters. The van der Waals surface area contributed by atoms with Crippen LogP contribution >= 0.6 is 11.6 Å². The monoisotopic (exact) mass is 443 g/mol. The van der Waals surface area contributed by atoms with E-state index in [2.05, 4.69) is 20.4 Å².